The minimum atomic E-state index is -0.338. The predicted molar refractivity (Wildman–Crippen MR) is 71.5 cm³/mol. The number of carbonyl (C=O) groups excluding carboxylic acids is 1. The summed E-state index contributed by atoms with van der Waals surface area (Å²) in [5.74, 6) is -0.673. The number of hydrogen-bond acceptors (Lipinski definition) is 2. The number of halogens is 2. The molecule has 1 aromatic heterocycles. The van der Waals surface area contributed by atoms with Gasteiger partial charge in [0.1, 0.15) is 11.0 Å². The van der Waals surface area contributed by atoms with E-state index in [0.29, 0.717) is 11.1 Å². The van der Waals surface area contributed by atoms with Crippen LogP contribution < -0.4 is 5.32 Å². The predicted octanol–water partition coefficient (Wildman–Crippen LogP) is 3.37. The van der Waals surface area contributed by atoms with Crippen molar-refractivity contribution in [2.24, 2.45) is 0 Å². The van der Waals surface area contributed by atoms with Crippen molar-refractivity contribution in [3.05, 3.63) is 64.7 Å². The van der Waals surface area contributed by atoms with E-state index in [4.69, 9.17) is 11.6 Å². The summed E-state index contributed by atoms with van der Waals surface area (Å²) in [7, 11) is 0. The lowest BCUT2D eigenvalue weighted by Crippen LogP contribution is -2.27. The molecule has 98 valence electrons. The highest BCUT2D eigenvalue weighted by Gasteiger charge is 2.14. The van der Waals surface area contributed by atoms with E-state index in [1.54, 1.807) is 31.2 Å². The Kier molecular flexibility index (Phi) is 4.12. The highest BCUT2D eigenvalue weighted by molar-refractivity contribution is 6.32. The number of carbonyl (C=O) groups is 1. The van der Waals surface area contributed by atoms with Crippen LogP contribution in [0, 0.1) is 5.82 Å². The van der Waals surface area contributed by atoms with Crippen LogP contribution in [0.3, 0.4) is 0 Å². The Morgan fingerprint density at radius 1 is 1.37 bits per heavy atom. The molecular weight excluding hydrogens is 267 g/mol. The largest absolute Gasteiger partial charge is 0.345 e. The van der Waals surface area contributed by atoms with Crippen molar-refractivity contribution >= 4 is 17.5 Å². The molecule has 0 fully saturated rings. The van der Waals surface area contributed by atoms with Gasteiger partial charge in [0.15, 0.2) is 0 Å². The van der Waals surface area contributed by atoms with Gasteiger partial charge in [-0.1, -0.05) is 23.7 Å². The van der Waals surface area contributed by atoms with Crippen molar-refractivity contribution < 1.29 is 9.18 Å². The summed E-state index contributed by atoms with van der Waals surface area (Å²) in [6.45, 7) is 1.77. The Hall–Kier alpha value is -1.94. The first-order valence-corrected chi connectivity index (χ1v) is 6.12. The molecule has 0 aliphatic rings. The fourth-order valence-electron chi connectivity index (χ4n) is 1.69. The summed E-state index contributed by atoms with van der Waals surface area (Å²) >= 11 is 5.84. The lowest BCUT2D eigenvalue weighted by Gasteiger charge is -2.14. The van der Waals surface area contributed by atoms with Crippen molar-refractivity contribution in [3.8, 4) is 0 Å². The Bertz CT molecular complexity index is 604. The average Bonchev–Trinajstić information content (AvgIpc) is 2.39. The first kappa shape index (κ1) is 13.5. The molecule has 5 heteroatoms. The van der Waals surface area contributed by atoms with Crippen LogP contribution in [-0.2, 0) is 0 Å². The van der Waals surface area contributed by atoms with Gasteiger partial charge in [-0.2, -0.15) is 0 Å². The van der Waals surface area contributed by atoms with E-state index in [9.17, 15) is 9.18 Å². The number of aromatic nitrogens is 1. The third-order valence-electron chi connectivity index (χ3n) is 2.70. The molecule has 2 rings (SSSR count). The average molecular weight is 279 g/mol. The maximum Gasteiger partial charge on any atom is 0.254 e. The van der Waals surface area contributed by atoms with Gasteiger partial charge >= 0.3 is 0 Å². The summed E-state index contributed by atoms with van der Waals surface area (Å²) < 4.78 is 13.1. The number of rotatable bonds is 3. The third kappa shape index (κ3) is 3.29. The highest BCUT2D eigenvalue weighted by Crippen LogP contribution is 2.16. The van der Waals surface area contributed by atoms with Crippen LogP contribution in [0.25, 0.3) is 0 Å². The van der Waals surface area contributed by atoms with Crippen molar-refractivity contribution in [2.45, 2.75) is 13.0 Å². The third-order valence-corrected chi connectivity index (χ3v) is 3.00. The lowest BCUT2D eigenvalue weighted by atomic mass is 10.1. The van der Waals surface area contributed by atoms with Crippen LogP contribution in [0.5, 0.6) is 0 Å². The second-order valence-corrected chi connectivity index (χ2v) is 4.45. The van der Waals surface area contributed by atoms with E-state index >= 15 is 0 Å². The number of amides is 1. The number of benzene rings is 1. The zero-order chi connectivity index (χ0) is 13.8. The molecule has 0 saturated heterocycles. The zero-order valence-corrected chi connectivity index (χ0v) is 11.0. The van der Waals surface area contributed by atoms with Gasteiger partial charge < -0.3 is 5.32 Å². The fraction of sp³-hybridized carbons (Fsp3) is 0.143. The maximum atomic E-state index is 13.1. The van der Waals surface area contributed by atoms with E-state index in [1.807, 2.05) is 0 Å². The van der Waals surface area contributed by atoms with Crippen molar-refractivity contribution in [3.63, 3.8) is 0 Å². The molecule has 1 heterocycles. The molecule has 0 aliphatic heterocycles. The highest BCUT2D eigenvalue weighted by atomic mass is 35.5. The Balaban J connectivity index is 2.13. The van der Waals surface area contributed by atoms with Gasteiger partial charge in [-0.05, 0) is 36.8 Å². The molecule has 0 spiro atoms. The molecule has 1 atom stereocenters. The monoisotopic (exact) mass is 278 g/mol. The van der Waals surface area contributed by atoms with E-state index in [-0.39, 0.29) is 22.9 Å². The second kappa shape index (κ2) is 5.80. The summed E-state index contributed by atoms with van der Waals surface area (Å²) in [5, 5.41) is 2.90. The van der Waals surface area contributed by atoms with Crippen molar-refractivity contribution in [2.75, 3.05) is 0 Å². The minimum absolute atomic E-state index is 0.145. The second-order valence-electron chi connectivity index (χ2n) is 4.09. The summed E-state index contributed by atoms with van der Waals surface area (Å²) in [6, 6.07) is 8.99. The minimum Gasteiger partial charge on any atom is -0.345 e. The van der Waals surface area contributed by atoms with Crippen LogP contribution in [0.1, 0.15) is 28.9 Å². The van der Waals surface area contributed by atoms with E-state index in [1.165, 1.54) is 18.3 Å². The van der Waals surface area contributed by atoms with Crippen LogP contribution in [0.15, 0.2) is 42.6 Å². The summed E-state index contributed by atoms with van der Waals surface area (Å²) in [6.07, 6.45) is 1.51. The quantitative estimate of drug-likeness (QED) is 0.875. The number of nitrogens with one attached hydrogen (secondary N) is 1. The normalized spacial score (nSPS) is 11.9. The molecule has 3 nitrogen and oxygen atoms in total. The van der Waals surface area contributed by atoms with Gasteiger partial charge in [-0.3, -0.25) is 4.79 Å². The molecule has 0 aliphatic carbocycles. The molecule has 0 unspecified atom stereocenters. The Labute approximate surface area is 115 Å². The molecule has 1 N–H and O–H groups in total. The van der Waals surface area contributed by atoms with Crippen molar-refractivity contribution in [1.82, 2.24) is 10.3 Å². The molecule has 0 saturated carbocycles. The van der Waals surface area contributed by atoms with E-state index in [0.717, 1.165) is 0 Å². The SMILES string of the molecule is C[C@@H](NC(=O)c1cccnc1Cl)c1cccc(F)c1. The number of nitrogens with zero attached hydrogens (tertiary/aromatic N) is 1. The molecule has 1 amide bonds. The number of pyridine rings is 1. The van der Waals surface area contributed by atoms with Gasteiger partial charge in [0.2, 0.25) is 0 Å². The molecule has 1 aromatic carbocycles. The molecule has 0 bridgehead atoms. The van der Waals surface area contributed by atoms with E-state index in [2.05, 4.69) is 10.3 Å². The van der Waals surface area contributed by atoms with Gasteiger partial charge in [0, 0.05) is 6.20 Å². The summed E-state index contributed by atoms with van der Waals surface area (Å²) in [4.78, 5) is 15.8. The zero-order valence-electron chi connectivity index (χ0n) is 10.2. The maximum absolute atomic E-state index is 13.1. The smallest absolute Gasteiger partial charge is 0.254 e. The van der Waals surface area contributed by atoms with Crippen LogP contribution >= 0.6 is 11.6 Å². The fourth-order valence-corrected chi connectivity index (χ4v) is 1.89. The Morgan fingerprint density at radius 3 is 2.84 bits per heavy atom. The molecule has 2 aromatic rings. The van der Waals surface area contributed by atoms with Gasteiger partial charge in [0.05, 0.1) is 11.6 Å². The van der Waals surface area contributed by atoms with E-state index < -0.39 is 0 Å². The van der Waals surface area contributed by atoms with Crippen molar-refractivity contribution in [1.29, 1.82) is 0 Å². The Morgan fingerprint density at radius 2 is 2.16 bits per heavy atom. The van der Waals surface area contributed by atoms with Crippen LogP contribution in [0.2, 0.25) is 5.15 Å². The standard InChI is InChI=1S/C14H12ClFN2O/c1-9(10-4-2-5-11(16)8-10)18-14(19)12-6-3-7-17-13(12)15/h2-9H,1H3,(H,18,19)/t9-/m1/s1. The molecule has 0 radical (unpaired) electrons. The molecule has 19 heavy (non-hydrogen) atoms. The van der Waals surface area contributed by atoms with Crippen LogP contribution in [0.4, 0.5) is 4.39 Å². The van der Waals surface area contributed by atoms with Crippen LogP contribution in [-0.4, -0.2) is 10.9 Å². The molecular formula is C14H12ClFN2O. The topological polar surface area (TPSA) is 42.0 Å². The van der Waals surface area contributed by atoms with Gasteiger partial charge in [-0.25, -0.2) is 9.37 Å². The first-order valence-electron chi connectivity index (χ1n) is 5.75. The lowest BCUT2D eigenvalue weighted by molar-refractivity contribution is 0.0939. The first-order chi connectivity index (χ1) is 9.08. The van der Waals surface area contributed by atoms with Gasteiger partial charge in [0.25, 0.3) is 5.91 Å². The van der Waals surface area contributed by atoms with Gasteiger partial charge in [-0.15, -0.1) is 0 Å². The summed E-state index contributed by atoms with van der Waals surface area (Å²) in [5.41, 5.74) is 0.987. The number of hydrogen-bond donors (Lipinski definition) is 1.